The number of nitrogens with one attached hydrogen (secondary N) is 2. The molecule has 0 saturated heterocycles. The molecule has 2 aromatic rings. The van der Waals surface area contributed by atoms with Gasteiger partial charge in [0.05, 0.1) is 16.7 Å². The zero-order valence-electron chi connectivity index (χ0n) is 18.3. The number of fused-ring (bicyclic) bond motifs is 3. The van der Waals surface area contributed by atoms with E-state index < -0.39 is 28.8 Å². The molecule has 10 heteroatoms. The summed E-state index contributed by atoms with van der Waals surface area (Å²) in [6.45, 7) is -0.563. The van der Waals surface area contributed by atoms with Crippen LogP contribution in [0.5, 0.6) is 11.5 Å². The minimum absolute atomic E-state index is 0.0355. The molecule has 182 valence electrons. The fourth-order valence-electron chi connectivity index (χ4n) is 4.70. The molecule has 0 spiro atoms. The monoisotopic (exact) mass is 494 g/mol. The summed E-state index contributed by atoms with van der Waals surface area (Å²) in [5.41, 5.74) is -1.38. The highest BCUT2D eigenvalue weighted by Crippen LogP contribution is 2.47. The van der Waals surface area contributed by atoms with E-state index in [1.165, 1.54) is 36.4 Å². The summed E-state index contributed by atoms with van der Waals surface area (Å²) >= 11 is 5.64. The number of aliphatic hydroxyl groups excluding tert-OH is 1. The number of ether oxygens (including phenoxy) is 2. The molecule has 3 aliphatic carbocycles. The van der Waals surface area contributed by atoms with Crippen LogP contribution in [0, 0.1) is 11.6 Å². The van der Waals surface area contributed by atoms with Crippen molar-refractivity contribution in [1.29, 1.82) is 0 Å². The molecule has 2 aromatic carbocycles. The highest BCUT2D eigenvalue weighted by Gasteiger charge is 2.55. The molecule has 2 bridgehead atoms. The smallest absolute Gasteiger partial charge is 0.258 e. The third-order valence-corrected chi connectivity index (χ3v) is 6.87. The molecule has 1 atom stereocenters. The normalized spacial score (nSPS) is 25.5. The first kappa shape index (κ1) is 24.2. The Kier molecular flexibility index (Phi) is 6.95. The van der Waals surface area contributed by atoms with E-state index in [-0.39, 0.29) is 42.2 Å². The van der Waals surface area contributed by atoms with Gasteiger partial charge in [-0.1, -0.05) is 11.6 Å². The summed E-state index contributed by atoms with van der Waals surface area (Å²) < 4.78 is 37.2. The number of hydrogen-bond acceptors (Lipinski definition) is 5. The quantitative estimate of drug-likeness (QED) is 0.524. The molecule has 3 aliphatic rings. The van der Waals surface area contributed by atoms with Crippen LogP contribution >= 0.6 is 11.6 Å². The fourth-order valence-corrected chi connectivity index (χ4v) is 4.82. The Morgan fingerprint density at radius 2 is 1.53 bits per heavy atom. The molecular formula is C24H25ClF2N2O5. The van der Waals surface area contributed by atoms with Crippen LogP contribution in [0.1, 0.15) is 32.1 Å². The minimum atomic E-state index is -0.851. The molecule has 3 fully saturated rings. The van der Waals surface area contributed by atoms with Crippen LogP contribution in [0.3, 0.4) is 0 Å². The molecule has 0 aromatic heterocycles. The van der Waals surface area contributed by atoms with Crippen molar-refractivity contribution in [1.82, 2.24) is 10.6 Å². The average Bonchev–Trinajstić information content (AvgIpc) is 2.81. The Morgan fingerprint density at radius 3 is 2.15 bits per heavy atom. The maximum absolute atomic E-state index is 13.5. The van der Waals surface area contributed by atoms with Gasteiger partial charge in [-0.2, -0.15) is 0 Å². The van der Waals surface area contributed by atoms with Gasteiger partial charge in [0.2, 0.25) is 0 Å². The van der Waals surface area contributed by atoms with E-state index in [4.69, 9.17) is 21.1 Å². The number of aliphatic hydroxyl groups is 1. The first-order chi connectivity index (χ1) is 16.2. The van der Waals surface area contributed by atoms with E-state index in [0.717, 1.165) is 6.07 Å². The zero-order chi connectivity index (χ0) is 24.3. The third kappa shape index (κ3) is 5.42. The molecule has 3 saturated carbocycles. The molecule has 0 unspecified atom stereocenters. The van der Waals surface area contributed by atoms with Crippen LogP contribution in [0.4, 0.5) is 8.78 Å². The number of hydrogen-bond donors (Lipinski definition) is 3. The molecule has 0 heterocycles. The molecule has 5 rings (SSSR count). The molecule has 0 radical (unpaired) electrons. The number of carbonyl (C=O) groups excluding carboxylic acids is 2. The summed E-state index contributed by atoms with van der Waals surface area (Å²) in [4.78, 5) is 24.9. The molecule has 3 N–H and O–H groups in total. The van der Waals surface area contributed by atoms with Gasteiger partial charge < -0.3 is 25.2 Å². The maximum atomic E-state index is 13.5. The van der Waals surface area contributed by atoms with E-state index in [1.54, 1.807) is 0 Å². The van der Waals surface area contributed by atoms with Gasteiger partial charge in [0.15, 0.2) is 13.2 Å². The van der Waals surface area contributed by atoms with E-state index in [9.17, 15) is 23.5 Å². The fraction of sp³-hybridized carbons (Fsp3) is 0.417. The summed E-state index contributed by atoms with van der Waals surface area (Å²) in [6, 6.07) is 9.27. The van der Waals surface area contributed by atoms with Gasteiger partial charge in [-0.15, -0.1) is 0 Å². The van der Waals surface area contributed by atoms with Crippen LogP contribution < -0.4 is 20.1 Å². The molecule has 0 aliphatic heterocycles. The van der Waals surface area contributed by atoms with Crippen molar-refractivity contribution >= 4 is 23.4 Å². The Balaban J connectivity index is 1.27. The van der Waals surface area contributed by atoms with Crippen molar-refractivity contribution in [3.8, 4) is 11.5 Å². The summed E-state index contributed by atoms with van der Waals surface area (Å²) in [7, 11) is 0. The van der Waals surface area contributed by atoms with Crippen molar-refractivity contribution in [2.45, 2.75) is 49.3 Å². The van der Waals surface area contributed by atoms with Gasteiger partial charge in [0.25, 0.3) is 11.8 Å². The highest BCUT2D eigenvalue weighted by atomic mass is 35.5. The SMILES string of the molecule is O=C(COc1ccc(Cl)c(F)c1)NC12CCC(NC(=O)COc3ccc(F)cc3)(CC1)[C@@H](O)C2. The number of amides is 2. The van der Waals surface area contributed by atoms with E-state index in [1.807, 2.05) is 0 Å². The van der Waals surface area contributed by atoms with Crippen LogP contribution in [0.15, 0.2) is 42.5 Å². The lowest BCUT2D eigenvalue weighted by Gasteiger charge is -2.56. The van der Waals surface area contributed by atoms with Crippen LogP contribution in [-0.4, -0.2) is 47.3 Å². The Bertz CT molecular complexity index is 1060. The Morgan fingerprint density at radius 1 is 0.941 bits per heavy atom. The second-order valence-corrected chi connectivity index (χ2v) is 9.27. The highest BCUT2D eigenvalue weighted by molar-refractivity contribution is 6.30. The van der Waals surface area contributed by atoms with E-state index >= 15 is 0 Å². The Hall–Kier alpha value is -2.91. The minimum Gasteiger partial charge on any atom is -0.484 e. The number of carbonyl (C=O) groups is 2. The molecule has 2 amide bonds. The second kappa shape index (κ2) is 9.76. The van der Waals surface area contributed by atoms with Gasteiger partial charge >= 0.3 is 0 Å². The second-order valence-electron chi connectivity index (χ2n) is 8.86. The summed E-state index contributed by atoms with van der Waals surface area (Å²) in [5, 5.41) is 16.7. The number of halogens is 3. The zero-order valence-corrected chi connectivity index (χ0v) is 19.0. The first-order valence-corrected chi connectivity index (χ1v) is 11.3. The van der Waals surface area contributed by atoms with Gasteiger partial charge in [0.1, 0.15) is 23.1 Å². The van der Waals surface area contributed by atoms with Crippen molar-refractivity contribution in [2.75, 3.05) is 13.2 Å². The lowest BCUT2D eigenvalue weighted by Crippen LogP contribution is -2.70. The van der Waals surface area contributed by atoms with E-state index in [2.05, 4.69) is 10.6 Å². The third-order valence-electron chi connectivity index (χ3n) is 6.56. The standard InChI is InChI=1S/C24H25ClF2N2O5/c25-18-6-5-17(11-19(18)27)34-13-21(31)28-23-7-9-24(10-8-23,20(30)12-23)29-22(32)14-33-16-3-1-15(26)2-4-16/h1-6,11,20,30H,7-10,12-14H2,(H,28,31)(H,29,32)/t20-,23?,24?/m0/s1. The van der Waals surface area contributed by atoms with Crippen molar-refractivity contribution in [3.63, 3.8) is 0 Å². The van der Waals surface area contributed by atoms with Gasteiger partial charge in [-0.05, 0) is 68.5 Å². The molecular weight excluding hydrogens is 470 g/mol. The predicted octanol–water partition coefficient (Wildman–Crippen LogP) is 3.12. The van der Waals surface area contributed by atoms with Gasteiger partial charge in [-0.25, -0.2) is 8.78 Å². The molecule has 7 nitrogen and oxygen atoms in total. The van der Waals surface area contributed by atoms with Crippen molar-refractivity contribution < 1.29 is 33.0 Å². The van der Waals surface area contributed by atoms with Crippen LogP contribution in [0.25, 0.3) is 0 Å². The lowest BCUT2D eigenvalue weighted by atomic mass is 9.60. The van der Waals surface area contributed by atoms with Gasteiger partial charge in [0, 0.05) is 11.6 Å². The average molecular weight is 495 g/mol. The number of benzene rings is 2. The topological polar surface area (TPSA) is 96.9 Å². The predicted molar refractivity (Wildman–Crippen MR) is 120 cm³/mol. The van der Waals surface area contributed by atoms with Crippen molar-refractivity contribution in [3.05, 3.63) is 59.1 Å². The van der Waals surface area contributed by atoms with Crippen molar-refractivity contribution in [2.24, 2.45) is 0 Å². The molecule has 34 heavy (non-hydrogen) atoms. The summed E-state index contributed by atoms with van der Waals surface area (Å²) in [5.74, 6) is -1.25. The Labute approximate surface area is 200 Å². The largest absolute Gasteiger partial charge is 0.484 e. The van der Waals surface area contributed by atoms with Gasteiger partial charge in [-0.3, -0.25) is 9.59 Å². The maximum Gasteiger partial charge on any atom is 0.258 e. The van der Waals surface area contributed by atoms with Crippen LogP contribution in [0.2, 0.25) is 5.02 Å². The van der Waals surface area contributed by atoms with Crippen LogP contribution in [-0.2, 0) is 9.59 Å². The lowest BCUT2D eigenvalue weighted by molar-refractivity contribution is -0.137. The first-order valence-electron chi connectivity index (χ1n) is 11.0. The summed E-state index contributed by atoms with van der Waals surface area (Å²) in [6.07, 6.45) is 1.55. The van der Waals surface area contributed by atoms with E-state index in [0.29, 0.717) is 31.4 Å². The number of rotatable bonds is 8.